The van der Waals surface area contributed by atoms with Gasteiger partial charge in [-0.2, -0.15) is 0 Å². The van der Waals surface area contributed by atoms with E-state index in [1.165, 1.54) is 6.07 Å². The number of halogens is 3. The minimum atomic E-state index is -0.473. The van der Waals surface area contributed by atoms with Gasteiger partial charge in [0.25, 0.3) is 0 Å². The zero-order valence-electron chi connectivity index (χ0n) is 6.53. The standard InChI is InChI=1S/C9H5BrClFO/c10-8-6(12)3-5-4(9(8)11)1-2-7(5)13/h3H,1-2H2. The van der Waals surface area contributed by atoms with Crippen LogP contribution in [0, 0.1) is 5.82 Å². The highest BCUT2D eigenvalue weighted by Gasteiger charge is 2.25. The highest BCUT2D eigenvalue weighted by molar-refractivity contribution is 9.10. The second-order valence-corrected chi connectivity index (χ2v) is 4.11. The first-order valence-corrected chi connectivity index (χ1v) is 4.98. The van der Waals surface area contributed by atoms with Crippen LogP contribution < -0.4 is 0 Å². The molecule has 0 amide bonds. The van der Waals surface area contributed by atoms with E-state index in [2.05, 4.69) is 15.9 Å². The Morgan fingerprint density at radius 3 is 2.85 bits per heavy atom. The molecule has 0 bridgehead atoms. The maximum atomic E-state index is 13.1. The highest BCUT2D eigenvalue weighted by Crippen LogP contribution is 2.36. The number of Topliss-reactive ketones (excluding diaryl/α,β-unsaturated/α-hetero) is 1. The van der Waals surface area contributed by atoms with E-state index < -0.39 is 5.82 Å². The molecule has 0 saturated heterocycles. The van der Waals surface area contributed by atoms with Gasteiger partial charge in [-0.15, -0.1) is 0 Å². The van der Waals surface area contributed by atoms with Gasteiger partial charge in [0, 0.05) is 12.0 Å². The number of carbonyl (C=O) groups is 1. The van der Waals surface area contributed by atoms with Gasteiger partial charge in [0.05, 0.1) is 9.50 Å². The van der Waals surface area contributed by atoms with Crippen LogP contribution in [0.5, 0.6) is 0 Å². The first-order valence-electron chi connectivity index (χ1n) is 3.81. The molecule has 0 spiro atoms. The summed E-state index contributed by atoms with van der Waals surface area (Å²) in [5.74, 6) is -0.498. The Balaban J connectivity index is 2.74. The first-order chi connectivity index (χ1) is 6.11. The molecule has 1 aliphatic carbocycles. The predicted molar refractivity (Wildman–Crippen MR) is 51.8 cm³/mol. The number of hydrogen-bond donors (Lipinski definition) is 0. The summed E-state index contributed by atoms with van der Waals surface area (Å²) in [6, 6.07) is 1.25. The van der Waals surface area contributed by atoms with Crippen LogP contribution >= 0.6 is 27.5 Å². The maximum absolute atomic E-state index is 13.1. The molecule has 0 fully saturated rings. The summed E-state index contributed by atoms with van der Waals surface area (Å²) >= 11 is 8.90. The third-order valence-electron chi connectivity index (χ3n) is 2.17. The molecule has 4 heteroatoms. The summed E-state index contributed by atoms with van der Waals surface area (Å²) in [5, 5.41) is 0.334. The quantitative estimate of drug-likeness (QED) is 0.656. The van der Waals surface area contributed by atoms with Crippen molar-refractivity contribution in [3.8, 4) is 0 Å². The smallest absolute Gasteiger partial charge is 0.163 e. The second-order valence-electron chi connectivity index (χ2n) is 2.94. The molecule has 0 aliphatic heterocycles. The molecule has 0 saturated carbocycles. The molecule has 1 nitrogen and oxygen atoms in total. The Kier molecular flexibility index (Phi) is 2.16. The average Bonchev–Trinajstić information content (AvgIpc) is 2.45. The molecule has 0 atom stereocenters. The van der Waals surface area contributed by atoms with Crippen molar-refractivity contribution in [1.29, 1.82) is 0 Å². The third-order valence-corrected chi connectivity index (χ3v) is 3.59. The summed E-state index contributed by atoms with van der Waals surface area (Å²) < 4.78 is 13.4. The van der Waals surface area contributed by atoms with Crippen LogP contribution in [0.3, 0.4) is 0 Å². The SMILES string of the molecule is O=C1CCc2c1cc(F)c(Br)c2Cl. The van der Waals surface area contributed by atoms with Crippen LogP contribution in [0.15, 0.2) is 10.5 Å². The minimum absolute atomic E-state index is 0.0247. The lowest BCUT2D eigenvalue weighted by atomic mass is 10.1. The average molecular weight is 263 g/mol. The van der Waals surface area contributed by atoms with Gasteiger partial charge >= 0.3 is 0 Å². The van der Waals surface area contributed by atoms with Gasteiger partial charge in [-0.1, -0.05) is 11.6 Å². The molecular formula is C9H5BrClFO. The Morgan fingerprint density at radius 2 is 2.15 bits per heavy atom. The molecule has 0 radical (unpaired) electrons. The zero-order chi connectivity index (χ0) is 9.59. The molecular weight excluding hydrogens is 258 g/mol. The summed E-state index contributed by atoms with van der Waals surface area (Å²) in [4.78, 5) is 11.2. The van der Waals surface area contributed by atoms with E-state index in [1.807, 2.05) is 0 Å². The van der Waals surface area contributed by atoms with Gasteiger partial charge in [-0.25, -0.2) is 4.39 Å². The fraction of sp³-hybridized carbons (Fsp3) is 0.222. The van der Waals surface area contributed by atoms with E-state index in [1.54, 1.807) is 0 Å². The fourth-order valence-corrected chi connectivity index (χ4v) is 2.14. The third kappa shape index (κ3) is 1.30. The van der Waals surface area contributed by atoms with Crippen molar-refractivity contribution in [1.82, 2.24) is 0 Å². The summed E-state index contributed by atoms with van der Waals surface area (Å²) in [6.45, 7) is 0. The van der Waals surface area contributed by atoms with Crippen LogP contribution in [-0.2, 0) is 6.42 Å². The van der Waals surface area contributed by atoms with Gasteiger partial charge in [0.2, 0.25) is 0 Å². The number of rotatable bonds is 0. The van der Waals surface area contributed by atoms with Gasteiger partial charge in [0.1, 0.15) is 5.82 Å². The first kappa shape index (κ1) is 9.16. The summed E-state index contributed by atoms with van der Waals surface area (Å²) in [6.07, 6.45) is 1.05. The summed E-state index contributed by atoms with van der Waals surface area (Å²) in [7, 11) is 0. The van der Waals surface area contributed by atoms with Crippen LogP contribution in [-0.4, -0.2) is 5.78 Å². The Bertz CT molecular complexity index is 403. The van der Waals surface area contributed by atoms with Crippen molar-refractivity contribution in [2.24, 2.45) is 0 Å². The van der Waals surface area contributed by atoms with Gasteiger partial charge < -0.3 is 0 Å². The van der Waals surface area contributed by atoms with E-state index in [0.717, 1.165) is 5.56 Å². The molecule has 0 aromatic heterocycles. The van der Waals surface area contributed by atoms with E-state index in [0.29, 0.717) is 23.4 Å². The normalized spacial score (nSPS) is 14.8. The van der Waals surface area contributed by atoms with Crippen molar-refractivity contribution in [2.75, 3.05) is 0 Å². The molecule has 1 aromatic carbocycles. The van der Waals surface area contributed by atoms with E-state index >= 15 is 0 Å². The minimum Gasteiger partial charge on any atom is -0.294 e. The van der Waals surface area contributed by atoms with Crippen molar-refractivity contribution in [3.63, 3.8) is 0 Å². The molecule has 0 unspecified atom stereocenters. The Hall–Kier alpha value is -0.410. The predicted octanol–water partition coefficient (Wildman–Crippen LogP) is 3.37. The molecule has 2 rings (SSSR count). The Labute approximate surface area is 88.0 Å². The molecule has 0 N–H and O–H groups in total. The van der Waals surface area contributed by atoms with Crippen LogP contribution in [0.25, 0.3) is 0 Å². The number of benzene rings is 1. The number of ketones is 1. The zero-order valence-corrected chi connectivity index (χ0v) is 8.88. The number of carbonyl (C=O) groups excluding carboxylic acids is 1. The van der Waals surface area contributed by atoms with Crippen molar-refractivity contribution in [3.05, 3.63) is 32.5 Å². The highest BCUT2D eigenvalue weighted by atomic mass is 79.9. The van der Waals surface area contributed by atoms with Gasteiger partial charge in [-0.05, 0) is 34.0 Å². The van der Waals surface area contributed by atoms with Crippen LogP contribution in [0.2, 0.25) is 5.02 Å². The van der Waals surface area contributed by atoms with E-state index in [4.69, 9.17) is 11.6 Å². The molecule has 1 aromatic rings. The van der Waals surface area contributed by atoms with Crippen LogP contribution in [0.4, 0.5) is 4.39 Å². The summed E-state index contributed by atoms with van der Waals surface area (Å²) in [5.41, 5.74) is 1.20. The lowest BCUT2D eigenvalue weighted by molar-refractivity contribution is 0.0994. The Morgan fingerprint density at radius 1 is 1.46 bits per heavy atom. The monoisotopic (exact) mass is 262 g/mol. The largest absolute Gasteiger partial charge is 0.294 e. The van der Waals surface area contributed by atoms with Crippen molar-refractivity contribution in [2.45, 2.75) is 12.8 Å². The van der Waals surface area contributed by atoms with Crippen LogP contribution in [0.1, 0.15) is 22.3 Å². The number of hydrogen-bond acceptors (Lipinski definition) is 1. The molecule has 68 valence electrons. The molecule has 13 heavy (non-hydrogen) atoms. The molecule has 0 heterocycles. The van der Waals surface area contributed by atoms with Crippen molar-refractivity contribution < 1.29 is 9.18 Å². The number of fused-ring (bicyclic) bond motifs is 1. The molecule has 1 aliphatic rings. The fourth-order valence-electron chi connectivity index (χ4n) is 1.50. The lowest BCUT2D eigenvalue weighted by Crippen LogP contribution is -1.94. The second kappa shape index (κ2) is 3.07. The van der Waals surface area contributed by atoms with Gasteiger partial charge in [-0.3, -0.25) is 4.79 Å². The lowest BCUT2D eigenvalue weighted by Gasteiger charge is -2.04. The van der Waals surface area contributed by atoms with Gasteiger partial charge in [0.15, 0.2) is 5.78 Å². The van der Waals surface area contributed by atoms with E-state index in [-0.39, 0.29) is 10.3 Å². The van der Waals surface area contributed by atoms with E-state index in [9.17, 15) is 9.18 Å². The maximum Gasteiger partial charge on any atom is 0.163 e. The topological polar surface area (TPSA) is 17.1 Å². The van der Waals surface area contributed by atoms with Crippen molar-refractivity contribution >= 4 is 33.3 Å².